The molecule has 3 rings (SSSR count). The first-order chi connectivity index (χ1) is 11.0. The summed E-state index contributed by atoms with van der Waals surface area (Å²) in [6, 6.07) is 6.77. The average molecular weight is 320 g/mol. The summed E-state index contributed by atoms with van der Waals surface area (Å²) in [6.45, 7) is 3.88. The van der Waals surface area contributed by atoms with E-state index in [1.54, 1.807) is 19.1 Å². The van der Waals surface area contributed by atoms with Crippen molar-refractivity contribution in [1.82, 2.24) is 9.80 Å². The molecule has 23 heavy (non-hydrogen) atoms. The van der Waals surface area contributed by atoms with E-state index in [-0.39, 0.29) is 11.7 Å². The molecule has 1 aliphatic heterocycles. The highest BCUT2D eigenvalue weighted by Gasteiger charge is 2.35. The number of nitrogens with zero attached hydrogens (tertiary/aromatic N) is 2. The molecule has 1 saturated heterocycles. The van der Waals surface area contributed by atoms with Crippen LogP contribution in [0, 0.1) is 5.82 Å². The van der Waals surface area contributed by atoms with Crippen LogP contribution >= 0.6 is 0 Å². The predicted octanol–water partition coefficient (Wildman–Crippen LogP) is 2.33. The number of aliphatic hydroxyl groups excluding tert-OH is 1. The number of likely N-dealkylation sites (tertiary alicyclic amines) is 1. The third kappa shape index (κ3) is 4.09. The molecule has 5 heteroatoms. The number of benzene rings is 1. The Bertz CT molecular complexity index is 544. The van der Waals surface area contributed by atoms with Gasteiger partial charge < -0.3 is 10.0 Å². The lowest BCUT2D eigenvalue weighted by Gasteiger charge is -2.31. The molecule has 0 unspecified atom stereocenters. The number of carbonyl (C=O) groups is 1. The van der Waals surface area contributed by atoms with E-state index >= 15 is 0 Å². The van der Waals surface area contributed by atoms with E-state index in [0.717, 1.165) is 44.3 Å². The van der Waals surface area contributed by atoms with Gasteiger partial charge >= 0.3 is 0 Å². The van der Waals surface area contributed by atoms with Crippen molar-refractivity contribution in [3.8, 4) is 0 Å². The van der Waals surface area contributed by atoms with Crippen LogP contribution in [0.2, 0.25) is 0 Å². The third-order valence-corrected chi connectivity index (χ3v) is 4.96. The van der Waals surface area contributed by atoms with Crippen LogP contribution in [0.1, 0.15) is 44.3 Å². The summed E-state index contributed by atoms with van der Waals surface area (Å²) in [6.07, 6.45) is 3.77. The maximum atomic E-state index is 13.0. The van der Waals surface area contributed by atoms with E-state index in [2.05, 4.69) is 4.90 Å². The van der Waals surface area contributed by atoms with Gasteiger partial charge in [-0.15, -0.1) is 0 Å². The van der Waals surface area contributed by atoms with Crippen molar-refractivity contribution >= 4 is 5.91 Å². The van der Waals surface area contributed by atoms with E-state index in [0.29, 0.717) is 18.6 Å². The maximum Gasteiger partial charge on any atom is 0.219 e. The van der Waals surface area contributed by atoms with E-state index in [9.17, 15) is 14.3 Å². The van der Waals surface area contributed by atoms with Crippen molar-refractivity contribution in [1.29, 1.82) is 0 Å². The Balaban J connectivity index is 1.59. The smallest absolute Gasteiger partial charge is 0.219 e. The number of amides is 1. The van der Waals surface area contributed by atoms with Gasteiger partial charge in [0, 0.05) is 32.1 Å². The predicted molar refractivity (Wildman–Crippen MR) is 86.4 cm³/mol. The minimum atomic E-state index is -0.622. The van der Waals surface area contributed by atoms with Crippen molar-refractivity contribution in [3.05, 3.63) is 35.6 Å². The summed E-state index contributed by atoms with van der Waals surface area (Å²) in [5.41, 5.74) is 0.739. The van der Waals surface area contributed by atoms with Crippen LogP contribution in [0.4, 0.5) is 4.39 Å². The van der Waals surface area contributed by atoms with Gasteiger partial charge in [-0.2, -0.15) is 0 Å². The van der Waals surface area contributed by atoms with Gasteiger partial charge in [-0.3, -0.25) is 9.69 Å². The molecule has 126 valence electrons. The first kappa shape index (κ1) is 16.4. The molecule has 1 aromatic carbocycles. The summed E-state index contributed by atoms with van der Waals surface area (Å²) < 4.78 is 13.0. The lowest BCUT2D eigenvalue weighted by atomic mass is 10.1. The van der Waals surface area contributed by atoms with E-state index in [1.165, 1.54) is 12.1 Å². The third-order valence-electron chi connectivity index (χ3n) is 4.96. The van der Waals surface area contributed by atoms with E-state index in [1.807, 2.05) is 4.90 Å². The van der Waals surface area contributed by atoms with Gasteiger partial charge in [-0.1, -0.05) is 12.1 Å². The zero-order valence-corrected chi connectivity index (χ0v) is 13.6. The summed E-state index contributed by atoms with van der Waals surface area (Å²) in [7, 11) is 0. The Morgan fingerprint density at radius 2 is 2.04 bits per heavy atom. The molecule has 0 radical (unpaired) electrons. The standard InChI is InChI=1S/C18H25FN2O2/c1-13(22)21(16-8-9-16)11-17-3-2-10-20(17)12-18(23)14-4-6-15(19)7-5-14/h4-7,16-18,23H,2-3,8-12H2,1H3/t17-,18-/m0/s1. The normalized spacial score (nSPS) is 23.0. The first-order valence-corrected chi connectivity index (χ1v) is 8.49. The largest absolute Gasteiger partial charge is 0.387 e. The van der Waals surface area contributed by atoms with Crippen LogP contribution in [0.15, 0.2) is 24.3 Å². The fraction of sp³-hybridized carbons (Fsp3) is 0.611. The second-order valence-electron chi connectivity index (χ2n) is 6.76. The Kier molecular flexibility index (Phi) is 4.97. The number of halogens is 1. The van der Waals surface area contributed by atoms with Crippen LogP contribution in [-0.4, -0.2) is 52.5 Å². The van der Waals surface area contributed by atoms with Crippen LogP contribution in [0.25, 0.3) is 0 Å². The molecule has 2 aliphatic rings. The highest BCUT2D eigenvalue weighted by atomic mass is 19.1. The van der Waals surface area contributed by atoms with Crippen LogP contribution < -0.4 is 0 Å². The number of carbonyl (C=O) groups excluding carboxylic acids is 1. The zero-order chi connectivity index (χ0) is 16.4. The van der Waals surface area contributed by atoms with Crippen LogP contribution in [0.5, 0.6) is 0 Å². The average Bonchev–Trinajstić information content (AvgIpc) is 3.26. The minimum absolute atomic E-state index is 0.151. The molecular formula is C18H25FN2O2. The molecule has 1 heterocycles. The molecule has 2 atom stereocenters. The molecular weight excluding hydrogens is 295 g/mol. The molecule has 0 spiro atoms. The number of hydrogen-bond acceptors (Lipinski definition) is 3. The van der Waals surface area contributed by atoms with Crippen molar-refractivity contribution < 1.29 is 14.3 Å². The molecule has 1 saturated carbocycles. The quantitative estimate of drug-likeness (QED) is 0.875. The Labute approximate surface area is 136 Å². The number of aliphatic hydroxyl groups is 1. The topological polar surface area (TPSA) is 43.8 Å². The second-order valence-corrected chi connectivity index (χ2v) is 6.76. The molecule has 1 N–H and O–H groups in total. The highest BCUT2D eigenvalue weighted by molar-refractivity contribution is 5.74. The minimum Gasteiger partial charge on any atom is -0.387 e. The summed E-state index contributed by atoms with van der Waals surface area (Å²) in [4.78, 5) is 16.1. The Morgan fingerprint density at radius 3 is 2.65 bits per heavy atom. The summed E-state index contributed by atoms with van der Waals surface area (Å²) in [5, 5.41) is 10.4. The zero-order valence-electron chi connectivity index (χ0n) is 13.6. The molecule has 1 aromatic rings. The van der Waals surface area contributed by atoms with Gasteiger partial charge in [0.2, 0.25) is 5.91 Å². The molecule has 0 aromatic heterocycles. The van der Waals surface area contributed by atoms with Crippen LogP contribution in [-0.2, 0) is 4.79 Å². The van der Waals surface area contributed by atoms with Gasteiger partial charge in [0.1, 0.15) is 5.82 Å². The number of rotatable bonds is 6. The van der Waals surface area contributed by atoms with E-state index in [4.69, 9.17) is 0 Å². The fourth-order valence-electron chi connectivity index (χ4n) is 3.50. The first-order valence-electron chi connectivity index (χ1n) is 8.49. The van der Waals surface area contributed by atoms with E-state index < -0.39 is 6.10 Å². The fourth-order valence-corrected chi connectivity index (χ4v) is 3.50. The SMILES string of the molecule is CC(=O)N(C[C@@H]1CCCN1C[C@H](O)c1ccc(F)cc1)C1CC1. The van der Waals surface area contributed by atoms with Gasteiger partial charge in [0.05, 0.1) is 6.10 Å². The lowest BCUT2D eigenvalue weighted by molar-refractivity contribution is -0.130. The van der Waals surface area contributed by atoms with Crippen molar-refractivity contribution in [3.63, 3.8) is 0 Å². The highest BCUT2D eigenvalue weighted by Crippen LogP contribution is 2.30. The second kappa shape index (κ2) is 6.97. The molecule has 4 nitrogen and oxygen atoms in total. The summed E-state index contributed by atoms with van der Waals surface area (Å²) in [5.74, 6) is -0.139. The van der Waals surface area contributed by atoms with Crippen molar-refractivity contribution in [2.45, 2.75) is 50.8 Å². The van der Waals surface area contributed by atoms with Gasteiger partial charge in [-0.25, -0.2) is 4.39 Å². The maximum absolute atomic E-state index is 13.0. The Hall–Kier alpha value is -1.46. The van der Waals surface area contributed by atoms with Gasteiger partial charge in [0.15, 0.2) is 0 Å². The van der Waals surface area contributed by atoms with Gasteiger partial charge in [0.25, 0.3) is 0 Å². The molecule has 0 bridgehead atoms. The summed E-state index contributed by atoms with van der Waals surface area (Å²) >= 11 is 0. The monoisotopic (exact) mass is 320 g/mol. The molecule has 1 amide bonds. The molecule has 1 aliphatic carbocycles. The lowest BCUT2D eigenvalue weighted by Crippen LogP contribution is -2.44. The Morgan fingerprint density at radius 1 is 1.35 bits per heavy atom. The van der Waals surface area contributed by atoms with Crippen molar-refractivity contribution in [2.75, 3.05) is 19.6 Å². The van der Waals surface area contributed by atoms with Gasteiger partial charge in [-0.05, 0) is 49.9 Å². The van der Waals surface area contributed by atoms with Crippen LogP contribution in [0.3, 0.4) is 0 Å². The molecule has 2 fully saturated rings. The van der Waals surface area contributed by atoms with Crippen molar-refractivity contribution in [2.24, 2.45) is 0 Å². The number of β-amino-alcohol motifs (C(OH)–C–C–N with tert-alkyl or cyclic N) is 1. The number of hydrogen-bond donors (Lipinski definition) is 1.